The molecule has 0 fully saturated rings. The molecule has 1 aromatic heterocycles. The molecule has 0 saturated carbocycles. The quantitative estimate of drug-likeness (QED) is 0.289. The number of hydrogen-bond donors (Lipinski definition) is 2. The monoisotopic (exact) mass is 481 g/mol. The molecule has 34 heavy (non-hydrogen) atoms. The first-order valence-electron chi connectivity index (χ1n) is 11.1. The van der Waals surface area contributed by atoms with Crippen LogP contribution < -0.4 is 10.6 Å². The molecule has 0 aliphatic rings. The van der Waals surface area contributed by atoms with E-state index in [9.17, 15) is 14.0 Å². The molecule has 0 aliphatic carbocycles. The highest BCUT2D eigenvalue weighted by atomic mass is 35.5. The number of fused-ring (bicyclic) bond motifs is 1. The Kier molecular flexibility index (Phi) is 7.94. The molecule has 2 amide bonds. The predicted molar refractivity (Wildman–Crippen MR) is 136 cm³/mol. The van der Waals surface area contributed by atoms with Crippen molar-refractivity contribution < 1.29 is 14.0 Å². The molecule has 0 saturated heterocycles. The van der Waals surface area contributed by atoms with E-state index in [4.69, 9.17) is 11.6 Å². The highest BCUT2D eigenvalue weighted by Gasteiger charge is 2.20. The zero-order valence-electron chi connectivity index (χ0n) is 20.0. The summed E-state index contributed by atoms with van der Waals surface area (Å²) in [6.45, 7) is 10.0. The van der Waals surface area contributed by atoms with Crippen LogP contribution in [0.5, 0.6) is 0 Å². The number of nitrogens with one attached hydrogen (secondary N) is 2. The molecular weight excluding hydrogens is 453 g/mol. The van der Waals surface area contributed by atoms with Gasteiger partial charge in [-0.05, 0) is 81.7 Å². The van der Waals surface area contributed by atoms with Gasteiger partial charge in [0.15, 0.2) is 0 Å². The normalized spacial score (nSPS) is 12.6. The van der Waals surface area contributed by atoms with Crippen molar-refractivity contribution in [1.82, 2.24) is 15.2 Å². The lowest BCUT2D eigenvalue weighted by Crippen LogP contribution is -2.25. The maximum atomic E-state index is 13.9. The van der Waals surface area contributed by atoms with Gasteiger partial charge in [0.05, 0.1) is 16.1 Å². The van der Waals surface area contributed by atoms with E-state index in [-0.39, 0.29) is 17.8 Å². The van der Waals surface area contributed by atoms with E-state index in [1.807, 2.05) is 56.7 Å². The van der Waals surface area contributed by atoms with Crippen LogP contribution >= 0.6 is 11.6 Å². The van der Waals surface area contributed by atoms with E-state index in [1.165, 1.54) is 12.1 Å². The Balaban J connectivity index is 2.04. The largest absolute Gasteiger partial charge is 0.348 e. The molecule has 3 aromatic rings. The lowest BCUT2D eigenvalue weighted by molar-refractivity contribution is -0.108. The molecule has 178 valence electrons. The number of carbonyl (C=O) groups excluding carboxylic acids is 2. The predicted octanol–water partition coefficient (Wildman–Crippen LogP) is 6.40. The van der Waals surface area contributed by atoms with Gasteiger partial charge in [0.25, 0.3) is 5.91 Å². The first-order chi connectivity index (χ1) is 16.1. The molecule has 3 rings (SSSR count). The minimum atomic E-state index is -0.343. The Morgan fingerprint density at radius 3 is 2.53 bits per heavy atom. The second-order valence-electron chi connectivity index (χ2n) is 8.64. The minimum absolute atomic E-state index is 0.122. The zero-order chi connectivity index (χ0) is 25.0. The van der Waals surface area contributed by atoms with Gasteiger partial charge in [-0.3, -0.25) is 9.59 Å². The average molecular weight is 482 g/mol. The fraction of sp³-hybridized carbons (Fsp3) is 0.259. The standard InChI is InChI=1S/C27H29ClFN3O2/c1-16(2)32-14-24(28)26-23(11-21(12-25(26)32)20-7-6-8-22(29)10-20)27(34)30-13-18(4)17(3)9-19(5)31-15-33/h6-12,14-16H,13H2,1-5H3,(H,30,34)(H,31,33)/b18-17+,19-9-. The summed E-state index contributed by atoms with van der Waals surface area (Å²) in [6, 6.07) is 10.1. The lowest BCUT2D eigenvalue weighted by atomic mass is 9.99. The summed E-state index contributed by atoms with van der Waals surface area (Å²) in [4.78, 5) is 23.9. The molecule has 1 heterocycles. The number of rotatable bonds is 8. The third-order valence-corrected chi connectivity index (χ3v) is 6.04. The Morgan fingerprint density at radius 1 is 1.15 bits per heavy atom. The van der Waals surface area contributed by atoms with Crippen molar-refractivity contribution in [2.75, 3.05) is 6.54 Å². The summed E-state index contributed by atoms with van der Waals surface area (Å²) in [7, 11) is 0. The first-order valence-corrected chi connectivity index (χ1v) is 11.4. The maximum absolute atomic E-state index is 13.9. The summed E-state index contributed by atoms with van der Waals surface area (Å²) < 4.78 is 15.9. The van der Waals surface area contributed by atoms with Crippen molar-refractivity contribution in [1.29, 1.82) is 0 Å². The van der Waals surface area contributed by atoms with Crippen LogP contribution in [0.15, 0.2) is 65.5 Å². The molecule has 0 unspecified atom stereocenters. The second-order valence-corrected chi connectivity index (χ2v) is 9.05. The lowest BCUT2D eigenvalue weighted by Gasteiger charge is -2.14. The molecule has 0 radical (unpaired) electrons. The van der Waals surface area contributed by atoms with Crippen molar-refractivity contribution in [2.45, 2.75) is 40.7 Å². The zero-order valence-corrected chi connectivity index (χ0v) is 20.8. The molecule has 7 heteroatoms. The van der Waals surface area contributed by atoms with Gasteiger partial charge >= 0.3 is 0 Å². The minimum Gasteiger partial charge on any atom is -0.348 e. The van der Waals surface area contributed by atoms with E-state index in [2.05, 4.69) is 10.6 Å². The number of nitrogens with zero attached hydrogens (tertiary/aromatic N) is 1. The van der Waals surface area contributed by atoms with E-state index in [0.717, 1.165) is 22.2 Å². The number of halogens is 2. The first kappa shape index (κ1) is 25.2. The molecule has 0 atom stereocenters. The van der Waals surface area contributed by atoms with Crippen LogP contribution in [0.2, 0.25) is 5.02 Å². The molecular formula is C27H29ClFN3O2. The van der Waals surface area contributed by atoms with Crippen LogP contribution in [0.4, 0.5) is 4.39 Å². The summed E-state index contributed by atoms with van der Waals surface area (Å²) in [5.74, 6) is -0.616. The molecule has 0 aliphatic heterocycles. The third kappa shape index (κ3) is 5.57. The van der Waals surface area contributed by atoms with Crippen LogP contribution in [-0.2, 0) is 4.79 Å². The van der Waals surface area contributed by atoms with Crippen molar-refractivity contribution in [3.8, 4) is 11.1 Å². The number of allylic oxidation sites excluding steroid dienone is 3. The number of hydrogen-bond acceptors (Lipinski definition) is 2. The third-order valence-electron chi connectivity index (χ3n) is 5.75. The Hall–Kier alpha value is -3.38. The second kappa shape index (κ2) is 10.7. The topological polar surface area (TPSA) is 63.1 Å². The highest BCUT2D eigenvalue weighted by molar-refractivity contribution is 6.37. The molecule has 2 N–H and O–H groups in total. The Bertz CT molecular complexity index is 1300. The number of benzene rings is 2. The number of carbonyl (C=O) groups is 2. The van der Waals surface area contributed by atoms with E-state index >= 15 is 0 Å². The fourth-order valence-corrected chi connectivity index (χ4v) is 4.11. The Labute approximate surface area is 204 Å². The summed E-state index contributed by atoms with van der Waals surface area (Å²) in [6.07, 6.45) is 4.30. The molecule has 2 aromatic carbocycles. The SMILES string of the molecule is C/C(=C/C(C)=C(\C)CNC(=O)c1cc(-c2cccc(F)c2)cc2c1c(Cl)cn2C(C)C)NC=O. The van der Waals surface area contributed by atoms with E-state index in [1.54, 1.807) is 19.1 Å². The van der Waals surface area contributed by atoms with Crippen LogP contribution in [0.25, 0.3) is 22.0 Å². The van der Waals surface area contributed by atoms with Gasteiger partial charge in [0.1, 0.15) is 5.82 Å². The number of aromatic nitrogens is 1. The van der Waals surface area contributed by atoms with Crippen molar-refractivity contribution in [2.24, 2.45) is 0 Å². The van der Waals surface area contributed by atoms with Gasteiger partial charge in [0.2, 0.25) is 6.41 Å². The number of amides is 2. The fourth-order valence-electron chi connectivity index (χ4n) is 3.81. The maximum Gasteiger partial charge on any atom is 0.252 e. The van der Waals surface area contributed by atoms with E-state index < -0.39 is 0 Å². The molecule has 0 bridgehead atoms. The summed E-state index contributed by atoms with van der Waals surface area (Å²) in [5.41, 5.74) is 5.26. The van der Waals surface area contributed by atoms with Gasteiger partial charge in [-0.1, -0.05) is 29.3 Å². The van der Waals surface area contributed by atoms with Gasteiger partial charge < -0.3 is 15.2 Å². The van der Waals surface area contributed by atoms with Gasteiger partial charge in [-0.15, -0.1) is 0 Å². The van der Waals surface area contributed by atoms with Gasteiger partial charge in [0, 0.05) is 29.9 Å². The Morgan fingerprint density at radius 2 is 1.88 bits per heavy atom. The van der Waals surface area contributed by atoms with E-state index in [0.29, 0.717) is 40.2 Å². The molecule has 5 nitrogen and oxygen atoms in total. The van der Waals surface area contributed by atoms with Crippen LogP contribution in [0, 0.1) is 5.82 Å². The van der Waals surface area contributed by atoms with Crippen molar-refractivity contribution in [3.05, 3.63) is 81.9 Å². The van der Waals surface area contributed by atoms with Crippen molar-refractivity contribution >= 4 is 34.8 Å². The van der Waals surface area contributed by atoms with Gasteiger partial charge in [-0.2, -0.15) is 0 Å². The summed E-state index contributed by atoms with van der Waals surface area (Å²) in [5, 5.41) is 6.73. The van der Waals surface area contributed by atoms with Crippen LogP contribution in [0.1, 0.15) is 51.0 Å². The smallest absolute Gasteiger partial charge is 0.252 e. The highest BCUT2D eigenvalue weighted by Crippen LogP contribution is 2.35. The van der Waals surface area contributed by atoms with Gasteiger partial charge in [-0.25, -0.2) is 4.39 Å². The van der Waals surface area contributed by atoms with Crippen molar-refractivity contribution in [3.63, 3.8) is 0 Å². The van der Waals surface area contributed by atoms with Crippen LogP contribution in [-0.4, -0.2) is 23.4 Å². The van der Waals surface area contributed by atoms with Crippen LogP contribution in [0.3, 0.4) is 0 Å². The summed E-state index contributed by atoms with van der Waals surface area (Å²) >= 11 is 6.58. The average Bonchev–Trinajstić information content (AvgIpc) is 3.13. The molecule has 0 spiro atoms.